The second kappa shape index (κ2) is 3.57. The van der Waals surface area contributed by atoms with E-state index in [0.29, 0.717) is 18.7 Å². The van der Waals surface area contributed by atoms with Gasteiger partial charge in [0.1, 0.15) is 11.5 Å². The van der Waals surface area contributed by atoms with E-state index in [4.69, 9.17) is 14.7 Å². The number of hydrogen-bond acceptors (Lipinski definition) is 4. The lowest BCUT2D eigenvalue weighted by molar-refractivity contribution is 0.297. The molecule has 0 spiro atoms. The zero-order valence-corrected chi connectivity index (χ0v) is 7.86. The molecule has 0 aromatic heterocycles. The van der Waals surface area contributed by atoms with Crippen molar-refractivity contribution >= 4 is 5.71 Å². The molecule has 0 atom stereocenters. The Labute approximate surface area is 81.8 Å². The van der Waals surface area contributed by atoms with Gasteiger partial charge in [0.15, 0.2) is 0 Å². The Kier molecular flexibility index (Phi) is 2.26. The van der Waals surface area contributed by atoms with Crippen molar-refractivity contribution in [1.29, 1.82) is 0 Å². The van der Waals surface area contributed by atoms with Gasteiger partial charge in [-0.15, -0.1) is 0 Å². The lowest BCUT2D eigenvalue weighted by atomic mass is 10.0. The summed E-state index contributed by atoms with van der Waals surface area (Å²) in [6.07, 6.45) is 0.622. The molecule has 0 saturated carbocycles. The van der Waals surface area contributed by atoms with E-state index in [9.17, 15) is 0 Å². The summed E-state index contributed by atoms with van der Waals surface area (Å²) in [5, 5.41) is 12.0. The molecule has 4 heteroatoms. The van der Waals surface area contributed by atoms with Gasteiger partial charge in [-0.25, -0.2) is 0 Å². The number of ether oxygens (including phenoxy) is 2. The third-order valence-electron chi connectivity index (χ3n) is 2.21. The molecule has 0 radical (unpaired) electrons. The number of rotatable bonds is 1. The van der Waals surface area contributed by atoms with Gasteiger partial charge in [-0.1, -0.05) is 5.16 Å². The van der Waals surface area contributed by atoms with Crippen molar-refractivity contribution in [3.8, 4) is 11.5 Å². The van der Waals surface area contributed by atoms with Crippen LogP contribution in [0.4, 0.5) is 0 Å². The fraction of sp³-hybridized carbons (Fsp3) is 0.300. The van der Waals surface area contributed by atoms with E-state index >= 15 is 0 Å². The van der Waals surface area contributed by atoms with Gasteiger partial charge in [-0.05, 0) is 18.2 Å². The Hall–Kier alpha value is -1.71. The van der Waals surface area contributed by atoms with E-state index in [1.54, 1.807) is 7.11 Å². The van der Waals surface area contributed by atoms with Crippen LogP contribution in [0.25, 0.3) is 0 Å². The van der Waals surface area contributed by atoms with Crippen LogP contribution in [-0.4, -0.2) is 24.6 Å². The van der Waals surface area contributed by atoms with Crippen LogP contribution >= 0.6 is 0 Å². The van der Waals surface area contributed by atoms with Crippen LogP contribution in [0.2, 0.25) is 0 Å². The molecule has 2 rings (SSSR count). The third-order valence-corrected chi connectivity index (χ3v) is 2.21. The molecular weight excluding hydrogens is 182 g/mol. The second-order valence-electron chi connectivity index (χ2n) is 3.01. The van der Waals surface area contributed by atoms with Gasteiger partial charge in [-0.2, -0.15) is 0 Å². The fourth-order valence-corrected chi connectivity index (χ4v) is 1.48. The SMILES string of the molecule is COc1ccc2c(c1)/C(=N\O)CCO2. The predicted molar refractivity (Wildman–Crippen MR) is 51.4 cm³/mol. The molecule has 0 aliphatic carbocycles. The summed E-state index contributed by atoms with van der Waals surface area (Å²) in [4.78, 5) is 0. The quantitative estimate of drug-likeness (QED) is 0.545. The maximum atomic E-state index is 8.79. The second-order valence-corrected chi connectivity index (χ2v) is 3.01. The van der Waals surface area contributed by atoms with Gasteiger partial charge in [0.05, 0.1) is 19.4 Å². The van der Waals surface area contributed by atoms with E-state index in [1.165, 1.54) is 0 Å². The zero-order chi connectivity index (χ0) is 9.97. The number of hydrogen-bond donors (Lipinski definition) is 1. The van der Waals surface area contributed by atoms with E-state index in [0.717, 1.165) is 17.1 Å². The maximum absolute atomic E-state index is 8.79. The average molecular weight is 193 g/mol. The number of methoxy groups -OCH3 is 1. The van der Waals surface area contributed by atoms with Crippen molar-refractivity contribution in [2.45, 2.75) is 6.42 Å². The molecule has 1 N–H and O–H groups in total. The average Bonchev–Trinajstić information content (AvgIpc) is 2.27. The van der Waals surface area contributed by atoms with Gasteiger partial charge in [0.2, 0.25) is 0 Å². The molecule has 0 bridgehead atoms. The molecule has 0 amide bonds. The molecular formula is C10H11NO3. The summed E-state index contributed by atoms with van der Waals surface area (Å²) >= 11 is 0. The molecule has 74 valence electrons. The Morgan fingerprint density at radius 1 is 1.50 bits per heavy atom. The Bertz CT molecular complexity index is 374. The number of oxime groups is 1. The molecule has 1 aromatic rings. The largest absolute Gasteiger partial charge is 0.497 e. The molecule has 14 heavy (non-hydrogen) atoms. The van der Waals surface area contributed by atoms with Gasteiger partial charge >= 0.3 is 0 Å². The summed E-state index contributed by atoms with van der Waals surface area (Å²) in [6.45, 7) is 0.554. The molecule has 0 unspecified atom stereocenters. The summed E-state index contributed by atoms with van der Waals surface area (Å²) in [6, 6.07) is 5.45. The van der Waals surface area contributed by atoms with E-state index in [2.05, 4.69) is 5.16 Å². The molecule has 1 aliphatic heterocycles. The highest BCUT2D eigenvalue weighted by Crippen LogP contribution is 2.28. The lowest BCUT2D eigenvalue weighted by Crippen LogP contribution is -2.16. The molecule has 0 fully saturated rings. The Morgan fingerprint density at radius 3 is 3.07 bits per heavy atom. The zero-order valence-electron chi connectivity index (χ0n) is 7.86. The molecule has 4 nitrogen and oxygen atoms in total. The van der Waals surface area contributed by atoms with Crippen LogP contribution in [0.5, 0.6) is 11.5 Å². The third kappa shape index (κ3) is 1.39. The van der Waals surface area contributed by atoms with Crippen molar-refractivity contribution < 1.29 is 14.7 Å². The molecule has 0 saturated heterocycles. The van der Waals surface area contributed by atoms with Crippen LogP contribution in [0.1, 0.15) is 12.0 Å². The highest BCUT2D eigenvalue weighted by atomic mass is 16.5. The summed E-state index contributed by atoms with van der Waals surface area (Å²) in [5.41, 5.74) is 1.45. The first-order valence-electron chi connectivity index (χ1n) is 4.37. The van der Waals surface area contributed by atoms with Crippen molar-refractivity contribution in [2.75, 3.05) is 13.7 Å². The van der Waals surface area contributed by atoms with Crippen molar-refractivity contribution in [2.24, 2.45) is 5.16 Å². The number of fused-ring (bicyclic) bond motifs is 1. The summed E-state index contributed by atoms with van der Waals surface area (Å²) in [5.74, 6) is 1.47. The van der Waals surface area contributed by atoms with Crippen molar-refractivity contribution in [3.05, 3.63) is 23.8 Å². The fourth-order valence-electron chi connectivity index (χ4n) is 1.48. The molecule has 1 aromatic carbocycles. The first-order chi connectivity index (χ1) is 6.85. The highest BCUT2D eigenvalue weighted by Gasteiger charge is 2.17. The van der Waals surface area contributed by atoms with Crippen molar-refractivity contribution in [3.63, 3.8) is 0 Å². The minimum absolute atomic E-state index is 0.554. The van der Waals surface area contributed by atoms with Crippen LogP contribution < -0.4 is 9.47 Å². The normalized spacial score (nSPS) is 17.4. The minimum Gasteiger partial charge on any atom is -0.497 e. The number of nitrogens with zero attached hydrogens (tertiary/aromatic N) is 1. The van der Waals surface area contributed by atoms with Crippen LogP contribution in [0.3, 0.4) is 0 Å². The Balaban J connectivity index is 2.49. The molecule has 1 heterocycles. The van der Waals surface area contributed by atoms with Gasteiger partial charge in [0.25, 0.3) is 0 Å². The van der Waals surface area contributed by atoms with E-state index < -0.39 is 0 Å². The van der Waals surface area contributed by atoms with Gasteiger partial charge in [0, 0.05) is 12.0 Å². The highest BCUT2D eigenvalue weighted by molar-refractivity contribution is 6.03. The Morgan fingerprint density at radius 2 is 2.36 bits per heavy atom. The monoisotopic (exact) mass is 193 g/mol. The molecule has 1 aliphatic rings. The van der Waals surface area contributed by atoms with Crippen LogP contribution in [0, 0.1) is 0 Å². The standard InChI is InChI=1S/C10H11NO3/c1-13-7-2-3-10-8(6-7)9(11-12)4-5-14-10/h2-3,6,12H,4-5H2,1H3/b11-9-. The van der Waals surface area contributed by atoms with Gasteiger partial charge in [-0.3, -0.25) is 0 Å². The summed E-state index contributed by atoms with van der Waals surface area (Å²) in [7, 11) is 1.60. The maximum Gasteiger partial charge on any atom is 0.128 e. The van der Waals surface area contributed by atoms with Crippen LogP contribution in [-0.2, 0) is 0 Å². The topological polar surface area (TPSA) is 51.0 Å². The number of benzene rings is 1. The predicted octanol–water partition coefficient (Wildman–Crippen LogP) is 1.66. The summed E-state index contributed by atoms with van der Waals surface area (Å²) < 4.78 is 10.5. The van der Waals surface area contributed by atoms with Gasteiger partial charge < -0.3 is 14.7 Å². The lowest BCUT2D eigenvalue weighted by Gasteiger charge is -2.18. The first kappa shape index (κ1) is 8.87. The first-order valence-corrected chi connectivity index (χ1v) is 4.37. The smallest absolute Gasteiger partial charge is 0.128 e. The van der Waals surface area contributed by atoms with Crippen molar-refractivity contribution in [1.82, 2.24) is 0 Å². The van der Waals surface area contributed by atoms with Crippen LogP contribution in [0.15, 0.2) is 23.4 Å². The van der Waals surface area contributed by atoms with E-state index in [-0.39, 0.29) is 0 Å². The van der Waals surface area contributed by atoms with E-state index in [1.807, 2.05) is 18.2 Å². The minimum atomic E-state index is 0.554.